The molecule has 0 atom stereocenters. The van der Waals surface area contributed by atoms with Gasteiger partial charge in [0, 0.05) is 5.02 Å². The van der Waals surface area contributed by atoms with E-state index < -0.39 is 22.5 Å². The molecule has 206 valence electrons. The summed E-state index contributed by atoms with van der Waals surface area (Å²) in [6.45, 7) is 4.08. The topological polar surface area (TPSA) is 88.1 Å². The molecular formula is C31H30ClN3O4S. The lowest BCUT2D eigenvalue weighted by Crippen LogP contribution is -2.39. The summed E-state index contributed by atoms with van der Waals surface area (Å²) in [7, 11) is -3.99. The van der Waals surface area contributed by atoms with E-state index in [1.165, 1.54) is 18.3 Å². The third-order valence-corrected chi connectivity index (χ3v) is 8.11. The standard InChI is InChI=1S/C31H30ClN3O4S/c1-23(2)26-12-16-28(17-13-26)35(40(37,38)30-6-4-3-5-7-30)21-31(36)34-33-20-24-10-18-29(19-11-24)39-22-25-8-14-27(32)15-9-25/h3-20,23H,21-22H2,1-2H3,(H,34,36). The van der Waals surface area contributed by atoms with Gasteiger partial charge in [0.15, 0.2) is 0 Å². The van der Waals surface area contributed by atoms with Gasteiger partial charge in [-0.25, -0.2) is 13.8 Å². The summed E-state index contributed by atoms with van der Waals surface area (Å²) in [5.41, 5.74) is 5.62. The Labute approximate surface area is 240 Å². The van der Waals surface area contributed by atoms with Gasteiger partial charge in [0.1, 0.15) is 18.9 Å². The fourth-order valence-electron chi connectivity index (χ4n) is 3.80. The highest BCUT2D eigenvalue weighted by molar-refractivity contribution is 7.92. The molecule has 0 radical (unpaired) electrons. The molecule has 1 amide bonds. The van der Waals surface area contributed by atoms with E-state index in [1.807, 2.05) is 36.4 Å². The van der Waals surface area contributed by atoms with Crippen molar-refractivity contribution in [2.75, 3.05) is 10.8 Å². The van der Waals surface area contributed by atoms with Crippen LogP contribution < -0.4 is 14.5 Å². The number of nitrogens with zero attached hydrogens (tertiary/aromatic N) is 2. The molecular weight excluding hydrogens is 546 g/mol. The van der Waals surface area contributed by atoms with Crippen molar-refractivity contribution < 1.29 is 17.9 Å². The molecule has 0 unspecified atom stereocenters. The fraction of sp³-hybridized carbons (Fsp3) is 0.161. The van der Waals surface area contributed by atoms with E-state index >= 15 is 0 Å². The van der Waals surface area contributed by atoms with Gasteiger partial charge in [0.05, 0.1) is 16.8 Å². The van der Waals surface area contributed by atoms with Gasteiger partial charge in [-0.05, 0) is 83.3 Å². The van der Waals surface area contributed by atoms with Crippen LogP contribution >= 0.6 is 11.6 Å². The molecule has 9 heteroatoms. The number of rotatable bonds is 11. The van der Waals surface area contributed by atoms with Crippen molar-refractivity contribution in [3.63, 3.8) is 0 Å². The van der Waals surface area contributed by atoms with E-state index in [2.05, 4.69) is 24.4 Å². The summed E-state index contributed by atoms with van der Waals surface area (Å²) in [6.07, 6.45) is 1.48. The average molecular weight is 576 g/mol. The van der Waals surface area contributed by atoms with Crippen molar-refractivity contribution in [3.8, 4) is 5.75 Å². The minimum absolute atomic E-state index is 0.0950. The van der Waals surface area contributed by atoms with E-state index in [0.29, 0.717) is 23.1 Å². The molecule has 0 aliphatic carbocycles. The second-order valence-electron chi connectivity index (χ2n) is 9.35. The summed E-state index contributed by atoms with van der Waals surface area (Å²) < 4.78 is 33.8. The predicted octanol–water partition coefficient (Wildman–Crippen LogP) is 6.39. The Kier molecular flexibility index (Phi) is 9.58. The van der Waals surface area contributed by atoms with Gasteiger partial charge in [0.25, 0.3) is 15.9 Å². The van der Waals surface area contributed by atoms with Crippen LogP contribution in [-0.4, -0.2) is 27.1 Å². The van der Waals surface area contributed by atoms with Crippen LogP contribution in [0.1, 0.15) is 36.5 Å². The lowest BCUT2D eigenvalue weighted by Gasteiger charge is -2.24. The van der Waals surface area contributed by atoms with Crippen molar-refractivity contribution in [1.29, 1.82) is 0 Å². The number of halogens is 1. The summed E-state index contributed by atoms with van der Waals surface area (Å²) in [5, 5.41) is 4.68. The molecule has 0 bridgehead atoms. The average Bonchev–Trinajstić information content (AvgIpc) is 2.97. The first-order valence-electron chi connectivity index (χ1n) is 12.7. The molecule has 0 fully saturated rings. The molecule has 4 aromatic rings. The van der Waals surface area contributed by atoms with Gasteiger partial charge in [-0.1, -0.05) is 67.9 Å². The number of nitrogens with one attached hydrogen (secondary N) is 1. The van der Waals surface area contributed by atoms with E-state index in [9.17, 15) is 13.2 Å². The lowest BCUT2D eigenvalue weighted by molar-refractivity contribution is -0.119. The van der Waals surface area contributed by atoms with E-state index in [4.69, 9.17) is 16.3 Å². The zero-order chi connectivity index (χ0) is 28.5. The summed E-state index contributed by atoms with van der Waals surface area (Å²) in [5.74, 6) is 0.392. The zero-order valence-corrected chi connectivity index (χ0v) is 23.8. The van der Waals surface area contributed by atoms with E-state index in [-0.39, 0.29) is 10.8 Å². The first-order valence-corrected chi connectivity index (χ1v) is 14.5. The summed E-state index contributed by atoms with van der Waals surface area (Å²) in [6, 6.07) is 29.8. The Morgan fingerprint density at radius 1 is 0.925 bits per heavy atom. The maximum Gasteiger partial charge on any atom is 0.264 e. The number of carbonyl (C=O) groups excluding carboxylic acids is 1. The Balaban J connectivity index is 1.40. The SMILES string of the molecule is CC(C)c1ccc(N(CC(=O)NN=Cc2ccc(OCc3ccc(Cl)cc3)cc2)S(=O)(=O)c2ccccc2)cc1. The fourth-order valence-corrected chi connectivity index (χ4v) is 5.37. The minimum Gasteiger partial charge on any atom is -0.489 e. The number of carbonyl (C=O) groups is 1. The molecule has 0 aromatic heterocycles. The van der Waals surface area contributed by atoms with Gasteiger partial charge in [-0.15, -0.1) is 0 Å². The number of hydrazone groups is 1. The maximum atomic E-state index is 13.5. The minimum atomic E-state index is -3.99. The second-order valence-corrected chi connectivity index (χ2v) is 11.6. The molecule has 0 heterocycles. The van der Waals surface area contributed by atoms with Crippen molar-refractivity contribution in [2.24, 2.45) is 5.10 Å². The number of sulfonamides is 1. The number of amides is 1. The number of hydrogen-bond donors (Lipinski definition) is 1. The van der Waals surface area contributed by atoms with Crippen molar-refractivity contribution in [2.45, 2.75) is 31.3 Å². The summed E-state index contributed by atoms with van der Waals surface area (Å²) in [4.78, 5) is 12.9. The zero-order valence-electron chi connectivity index (χ0n) is 22.2. The number of hydrogen-bond acceptors (Lipinski definition) is 5. The molecule has 4 rings (SSSR count). The van der Waals surface area contributed by atoms with E-state index in [1.54, 1.807) is 54.6 Å². The Bertz CT molecular complexity index is 1540. The Morgan fingerprint density at radius 2 is 1.57 bits per heavy atom. The highest BCUT2D eigenvalue weighted by Crippen LogP contribution is 2.26. The van der Waals surface area contributed by atoms with Crippen LogP contribution in [0.25, 0.3) is 0 Å². The van der Waals surface area contributed by atoms with Crippen LogP contribution in [0, 0.1) is 0 Å². The van der Waals surface area contributed by atoms with Crippen LogP contribution in [-0.2, 0) is 21.4 Å². The molecule has 40 heavy (non-hydrogen) atoms. The monoisotopic (exact) mass is 575 g/mol. The van der Waals surface area contributed by atoms with Gasteiger partial charge in [-0.3, -0.25) is 9.10 Å². The van der Waals surface area contributed by atoms with Crippen molar-refractivity contribution in [1.82, 2.24) is 5.43 Å². The van der Waals surface area contributed by atoms with Crippen LogP contribution in [0.5, 0.6) is 5.75 Å². The van der Waals surface area contributed by atoms with Crippen LogP contribution in [0.4, 0.5) is 5.69 Å². The first-order chi connectivity index (χ1) is 19.2. The van der Waals surface area contributed by atoms with E-state index in [0.717, 1.165) is 21.0 Å². The summed E-state index contributed by atoms with van der Waals surface area (Å²) >= 11 is 5.91. The van der Waals surface area contributed by atoms with Crippen LogP contribution in [0.3, 0.4) is 0 Å². The lowest BCUT2D eigenvalue weighted by atomic mass is 10.0. The van der Waals surface area contributed by atoms with Crippen LogP contribution in [0.15, 0.2) is 113 Å². The quantitative estimate of drug-likeness (QED) is 0.166. The largest absolute Gasteiger partial charge is 0.489 e. The van der Waals surface area contributed by atoms with Crippen molar-refractivity contribution in [3.05, 3.63) is 125 Å². The van der Waals surface area contributed by atoms with Crippen LogP contribution in [0.2, 0.25) is 5.02 Å². The predicted molar refractivity (Wildman–Crippen MR) is 159 cm³/mol. The Hall–Kier alpha value is -4.14. The molecule has 7 nitrogen and oxygen atoms in total. The Morgan fingerprint density at radius 3 is 2.20 bits per heavy atom. The first kappa shape index (κ1) is 28.9. The smallest absolute Gasteiger partial charge is 0.264 e. The number of benzene rings is 4. The molecule has 0 saturated carbocycles. The second kappa shape index (κ2) is 13.3. The molecule has 0 aliphatic heterocycles. The highest BCUT2D eigenvalue weighted by atomic mass is 35.5. The van der Waals surface area contributed by atoms with Gasteiger partial charge in [-0.2, -0.15) is 5.10 Å². The third-order valence-electron chi connectivity index (χ3n) is 6.07. The highest BCUT2D eigenvalue weighted by Gasteiger charge is 2.27. The van der Waals surface area contributed by atoms with Crippen molar-refractivity contribution >= 4 is 39.4 Å². The maximum absolute atomic E-state index is 13.5. The van der Waals surface area contributed by atoms with Gasteiger partial charge in [0.2, 0.25) is 0 Å². The molecule has 0 saturated heterocycles. The number of ether oxygens (including phenoxy) is 1. The molecule has 0 spiro atoms. The molecule has 0 aliphatic rings. The van der Waals surface area contributed by atoms with Gasteiger partial charge < -0.3 is 4.74 Å². The normalized spacial score (nSPS) is 11.5. The molecule has 1 N–H and O–H groups in total. The third kappa shape index (κ3) is 7.71. The number of anilines is 1. The van der Waals surface area contributed by atoms with Gasteiger partial charge >= 0.3 is 0 Å². The molecule has 4 aromatic carbocycles.